The zero-order valence-corrected chi connectivity index (χ0v) is 16.8. The fourth-order valence-electron chi connectivity index (χ4n) is 4.24. The van der Waals surface area contributed by atoms with Gasteiger partial charge in [0.2, 0.25) is 5.88 Å². The molecule has 0 radical (unpaired) electrons. The second kappa shape index (κ2) is 7.06. The number of amidine groups is 1. The third-order valence-corrected chi connectivity index (χ3v) is 5.98. The summed E-state index contributed by atoms with van der Waals surface area (Å²) in [6, 6.07) is 8.09. The van der Waals surface area contributed by atoms with E-state index >= 15 is 0 Å². The smallest absolute Gasteiger partial charge is 0.260 e. The summed E-state index contributed by atoms with van der Waals surface area (Å²) < 4.78 is 5.74. The lowest BCUT2D eigenvalue weighted by Crippen LogP contribution is -2.32. The molecule has 0 aliphatic carbocycles. The minimum Gasteiger partial charge on any atom is -0.442 e. The van der Waals surface area contributed by atoms with Crippen LogP contribution in [-0.2, 0) is 0 Å². The first-order valence-corrected chi connectivity index (χ1v) is 10.3. The first-order chi connectivity index (χ1) is 14.1. The van der Waals surface area contributed by atoms with Gasteiger partial charge < -0.3 is 19.5 Å². The highest BCUT2D eigenvalue weighted by atomic mass is 16.4. The molecule has 3 aliphatic heterocycles. The van der Waals surface area contributed by atoms with Crippen molar-refractivity contribution in [3.63, 3.8) is 0 Å². The van der Waals surface area contributed by atoms with Gasteiger partial charge in [-0.25, -0.2) is 4.99 Å². The number of amides is 1. The van der Waals surface area contributed by atoms with E-state index in [0.717, 1.165) is 37.1 Å². The monoisotopic (exact) mass is 391 g/mol. The Morgan fingerprint density at radius 1 is 1.17 bits per heavy atom. The molecule has 3 aliphatic rings. The molecule has 7 nitrogen and oxygen atoms in total. The average Bonchev–Trinajstić information content (AvgIpc) is 3.32. The molecule has 0 saturated carbocycles. The second-order valence-electron chi connectivity index (χ2n) is 8.03. The Bertz CT molecular complexity index is 997. The van der Waals surface area contributed by atoms with Crippen molar-refractivity contribution in [2.45, 2.75) is 26.7 Å². The first kappa shape index (κ1) is 18.0. The standard InChI is InChI=1S/C22H25N5O2/c1-14-7-10-26(11-8-14)17-5-3-16(4-6-17)25-21(28)18-15(2)29-22-19(18)20-23-9-12-27(20)13-24-22/h3-6,13-14H,7-12H2,1-2H3,(H,25,28). The summed E-state index contributed by atoms with van der Waals surface area (Å²) in [5, 5.41) is 3.01. The lowest BCUT2D eigenvalue weighted by molar-refractivity contribution is 0.102. The van der Waals surface area contributed by atoms with Crippen molar-refractivity contribution in [1.82, 2.24) is 4.90 Å². The van der Waals surface area contributed by atoms with Crippen LogP contribution in [0.1, 0.15) is 41.4 Å². The molecule has 7 heteroatoms. The Morgan fingerprint density at radius 3 is 2.69 bits per heavy atom. The summed E-state index contributed by atoms with van der Waals surface area (Å²) in [6.45, 7) is 7.76. The maximum Gasteiger partial charge on any atom is 0.260 e. The molecule has 1 amide bonds. The highest BCUT2D eigenvalue weighted by Gasteiger charge is 2.33. The van der Waals surface area contributed by atoms with E-state index in [1.54, 1.807) is 13.3 Å². The Kier molecular flexibility index (Phi) is 4.38. The van der Waals surface area contributed by atoms with Gasteiger partial charge in [-0.05, 0) is 49.9 Å². The molecule has 1 fully saturated rings. The van der Waals surface area contributed by atoms with Gasteiger partial charge >= 0.3 is 0 Å². The van der Waals surface area contributed by atoms with E-state index in [4.69, 9.17) is 4.42 Å². The van der Waals surface area contributed by atoms with E-state index in [9.17, 15) is 4.79 Å². The number of rotatable bonds is 3. The van der Waals surface area contributed by atoms with E-state index in [-0.39, 0.29) is 5.91 Å². The molecule has 0 atom stereocenters. The van der Waals surface area contributed by atoms with E-state index in [1.807, 2.05) is 17.0 Å². The largest absolute Gasteiger partial charge is 0.442 e. The molecule has 2 aromatic rings. The third-order valence-electron chi connectivity index (χ3n) is 5.98. The summed E-state index contributed by atoms with van der Waals surface area (Å²) in [5.41, 5.74) is 3.18. The normalized spacial score (nSPS) is 18.5. The molecule has 1 aromatic carbocycles. The van der Waals surface area contributed by atoms with E-state index in [0.29, 0.717) is 29.3 Å². The van der Waals surface area contributed by atoms with Gasteiger partial charge in [0.25, 0.3) is 5.91 Å². The number of nitrogens with one attached hydrogen (secondary N) is 1. The Morgan fingerprint density at radius 2 is 1.93 bits per heavy atom. The first-order valence-electron chi connectivity index (χ1n) is 10.3. The van der Waals surface area contributed by atoms with Crippen LogP contribution in [0.3, 0.4) is 0 Å². The highest BCUT2D eigenvalue weighted by Crippen LogP contribution is 2.35. The molecule has 4 heterocycles. The fourth-order valence-corrected chi connectivity index (χ4v) is 4.24. The summed E-state index contributed by atoms with van der Waals surface area (Å²) in [6.07, 6.45) is 4.18. The number of fused-ring (bicyclic) bond motifs is 3. The number of aryl methyl sites for hydroxylation is 1. The molecule has 0 bridgehead atoms. The Hall–Kier alpha value is -3.09. The molecule has 1 aromatic heterocycles. The molecule has 1 saturated heterocycles. The Labute approximate surface area is 170 Å². The molecule has 29 heavy (non-hydrogen) atoms. The SMILES string of the molecule is Cc1oc2c(c1C(=O)Nc1ccc(N3CCC(C)CC3)cc1)C1=NCCN1C=N2. The van der Waals surface area contributed by atoms with Crippen molar-refractivity contribution in [3.8, 4) is 0 Å². The minimum absolute atomic E-state index is 0.196. The van der Waals surface area contributed by atoms with E-state index in [2.05, 4.69) is 39.3 Å². The predicted octanol–water partition coefficient (Wildman–Crippen LogP) is 3.81. The molecule has 5 rings (SSSR count). The van der Waals surface area contributed by atoms with Gasteiger partial charge in [-0.15, -0.1) is 0 Å². The topological polar surface area (TPSA) is 73.4 Å². The third kappa shape index (κ3) is 3.20. The van der Waals surface area contributed by atoms with Crippen molar-refractivity contribution in [2.24, 2.45) is 15.9 Å². The van der Waals surface area contributed by atoms with Gasteiger partial charge in [-0.3, -0.25) is 9.79 Å². The lowest BCUT2D eigenvalue weighted by atomic mass is 9.99. The zero-order valence-electron chi connectivity index (χ0n) is 16.8. The van der Waals surface area contributed by atoms with Gasteiger partial charge in [-0.2, -0.15) is 0 Å². The van der Waals surface area contributed by atoms with Crippen molar-refractivity contribution < 1.29 is 9.21 Å². The number of furan rings is 1. The molecule has 150 valence electrons. The van der Waals surface area contributed by atoms with Crippen LogP contribution < -0.4 is 10.2 Å². The van der Waals surface area contributed by atoms with Gasteiger partial charge in [0, 0.05) is 31.0 Å². The molecular weight excluding hydrogens is 366 g/mol. The van der Waals surface area contributed by atoms with Crippen LogP contribution >= 0.6 is 0 Å². The van der Waals surface area contributed by atoms with Crippen LogP contribution in [0.25, 0.3) is 0 Å². The molecular formula is C22H25N5O2. The second-order valence-corrected chi connectivity index (χ2v) is 8.03. The number of aliphatic imine (C=N–C) groups is 2. The maximum absolute atomic E-state index is 13.1. The van der Waals surface area contributed by atoms with Crippen molar-refractivity contribution >= 4 is 35.3 Å². The number of carbonyl (C=O) groups is 1. The lowest BCUT2D eigenvalue weighted by Gasteiger charge is -2.32. The van der Waals surface area contributed by atoms with E-state index < -0.39 is 0 Å². The van der Waals surface area contributed by atoms with Crippen LogP contribution in [0.2, 0.25) is 0 Å². The number of nitrogens with zero attached hydrogens (tertiary/aromatic N) is 4. The number of benzene rings is 1. The minimum atomic E-state index is -0.196. The number of hydrogen-bond acceptors (Lipinski definition) is 6. The summed E-state index contributed by atoms with van der Waals surface area (Å²) in [7, 11) is 0. The van der Waals surface area contributed by atoms with Crippen LogP contribution in [0, 0.1) is 12.8 Å². The summed E-state index contributed by atoms with van der Waals surface area (Å²) in [4.78, 5) is 26.3. The number of piperidine rings is 1. The molecule has 1 N–H and O–H groups in total. The van der Waals surface area contributed by atoms with Gasteiger partial charge in [-0.1, -0.05) is 6.92 Å². The fraction of sp³-hybridized carbons (Fsp3) is 0.409. The number of carbonyl (C=O) groups excluding carboxylic acids is 1. The Balaban J connectivity index is 1.35. The van der Waals surface area contributed by atoms with Crippen LogP contribution in [-0.4, -0.2) is 49.2 Å². The summed E-state index contributed by atoms with van der Waals surface area (Å²) in [5.74, 6) is 2.39. The molecule has 0 spiro atoms. The van der Waals surface area contributed by atoms with Crippen LogP contribution in [0.5, 0.6) is 0 Å². The zero-order chi connectivity index (χ0) is 20.0. The van der Waals surface area contributed by atoms with Crippen molar-refractivity contribution in [3.05, 3.63) is 41.2 Å². The quantitative estimate of drug-likeness (QED) is 0.863. The van der Waals surface area contributed by atoms with Gasteiger partial charge in [0.1, 0.15) is 17.9 Å². The van der Waals surface area contributed by atoms with Gasteiger partial charge in [0.15, 0.2) is 0 Å². The predicted molar refractivity (Wildman–Crippen MR) is 115 cm³/mol. The van der Waals surface area contributed by atoms with Crippen LogP contribution in [0.4, 0.5) is 17.3 Å². The maximum atomic E-state index is 13.1. The van der Waals surface area contributed by atoms with Crippen LogP contribution in [0.15, 0.2) is 38.7 Å². The number of hydrogen-bond donors (Lipinski definition) is 1. The van der Waals surface area contributed by atoms with Crippen molar-refractivity contribution in [1.29, 1.82) is 0 Å². The summed E-state index contributed by atoms with van der Waals surface area (Å²) >= 11 is 0. The number of anilines is 2. The van der Waals surface area contributed by atoms with Crippen molar-refractivity contribution in [2.75, 3.05) is 36.4 Å². The average molecular weight is 391 g/mol. The molecule has 0 unspecified atom stereocenters. The highest BCUT2D eigenvalue weighted by molar-refractivity contribution is 6.19. The van der Waals surface area contributed by atoms with Gasteiger partial charge in [0.05, 0.1) is 17.7 Å². The van der Waals surface area contributed by atoms with E-state index in [1.165, 1.54) is 18.5 Å².